The van der Waals surface area contributed by atoms with Crippen LogP contribution >= 0.6 is 0 Å². The summed E-state index contributed by atoms with van der Waals surface area (Å²) in [5.41, 5.74) is 1.35. The Labute approximate surface area is 122 Å². The van der Waals surface area contributed by atoms with Crippen molar-refractivity contribution in [1.82, 2.24) is 20.5 Å². The molecule has 0 aliphatic carbocycles. The topological polar surface area (TPSA) is 89.1 Å². The molecule has 0 bridgehead atoms. The number of hydrogen-bond acceptors (Lipinski definition) is 5. The van der Waals surface area contributed by atoms with Crippen LogP contribution in [0.15, 0.2) is 18.5 Å². The summed E-state index contributed by atoms with van der Waals surface area (Å²) in [4.78, 5) is 16.1. The summed E-state index contributed by atoms with van der Waals surface area (Å²) in [5.74, 6) is 1.78. The van der Waals surface area contributed by atoms with Gasteiger partial charge in [0, 0.05) is 24.1 Å². The highest BCUT2D eigenvalue weighted by Gasteiger charge is 2.13. The standard InChI is InChI=1S/C14H18N4O3/c1-9-11(20-2)6-10(7-12(9)21-3)14(19)15-5-4-13-16-8-17-18-13/h6-8H,4-5H2,1-3H3,(H,15,19)(H,16,17,18). The summed E-state index contributed by atoms with van der Waals surface area (Å²) < 4.78 is 10.5. The van der Waals surface area contributed by atoms with Crippen LogP contribution in [0.3, 0.4) is 0 Å². The first-order valence-electron chi connectivity index (χ1n) is 6.50. The van der Waals surface area contributed by atoms with E-state index in [1.807, 2.05) is 6.92 Å². The Morgan fingerprint density at radius 3 is 2.48 bits per heavy atom. The SMILES string of the molecule is COc1cc(C(=O)NCCc2ncn[nH]2)cc(OC)c1C. The van der Waals surface area contributed by atoms with Crippen molar-refractivity contribution in [3.63, 3.8) is 0 Å². The molecule has 112 valence electrons. The molecule has 2 N–H and O–H groups in total. The Kier molecular flexibility index (Phi) is 4.76. The minimum atomic E-state index is -0.189. The molecule has 0 aliphatic heterocycles. The van der Waals surface area contributed by atoms with Gasteiger partial charge in [-0.25, -0.2) is 4.98 Å². The van der Waals surface area contributed by atoms with Crippen LogP contribution in [0.25, 0.3) is 0 Å². The molecule has 21 heavy (non-hydrogen) atoms. The molecule has 0 atom stereocenters. The van der Waals surface area contributed by atoms with Crippen LogP contribution in [0.1, 0.15) is 21.7 Å². The summed E-state index contributed by atoms with van der Waals surface area (Å²) in [5, 5.41) is 9.31. The Bertz CT molecular complexity index is 586. The zero-order chi connectivity index (χ0) is 15.2. The Hall–Kier alpha value is -2.57. The summed E-state index contributed by atoms with van der Waals surface area (Å²) in [6.07, 6.45) is 2.03. The maximum Gasteiger partial charge on any atom is 0.251 e. The predicted molar refractivity (Wildman–Crippen MR) is 76.7 cm³/mol. The van der Waals surface area contributed by atoms with E-state index in [-0.39, 0.29) is 5.91 Å². The normalized spacial score (nSPS) is 10.2. The molecular weight excluding hydrogens is 272 g/mol. The second-order valence-electron chi connectivity index (χ2n) is 4.44. The largest absolute Gasteiger partial charge is 0.496 e. The number of nitrogens with one attached hydrogen (secondary N) is 2. The smallest absolute Gasteiger partial charge is 0.251 e. The fourth-order valence-corrected chi connectivity index (χ4v) is 1.96. The van der Waals surface area contributed by atoms with Gasteiger partial charge in [0.1, 0.15) is 23.7 Å². The number of aromatic amines is 1. The summed E-state index contributed by atoms with van der Waals surface area (Å²) in [6, 6.07) is 3.39. The summed E-state index contributed by atoms with van der Waals surface area (Å²) in [7, 11) is 3.13. The number of H-pyrrole nitrogens is 1. The first-order valence-corrected chi connectivity index (χ1v) is 6.50. The quantitative estimate of drug-likeness (QED) is 0.831. The lowest BCUT2D eigenvalue weighted by atomic mass is 10.1. The fourth-order valence-electron chi connectivity index (χ4n) is 1.96. The Balaban J connectivity index is 2.04. The Morgan fingerprint density at radius 2 is 1.95 bits per heavy atom. The molecule has 2 aromatic rings. The van der Waals surface area contributed by atoms with Crippen LogP contribution in [0.2, 0.25) is 0 Å². The molecule has 0 spiro atoms. The third-order valence-electron chi connectivity index (χ3n) is 3.13. The molecule has 0 saturated carbocycles. The molecule has 2 rings (SSSR count). The molecule has 0 radical (unpaired) electrons. The summed E-state index contributed by atoms with van der Waals surface area (Å²) >= 11 is 0. The average Bonchev–Trinajstić information content (AvgIpc) is 3.00. The zero-order valence-electron chi connectivity index (χ0n) is 12.3. The van der Waals surface area contributed by atoms with E-state index in [4.69, 9.17) is 9.47 Å². The molecule has 1 aromatic heterocycles. The molecule has 0 fully saturated rings. The number of ether oxygens (including phenoxy) is 2. The number of carbonyl (C=O) groups is 1. The highest BCUT2D eigenvalue weighted by atomic mass is 16.5. The van der Waals surface area contributed by atoms with Crippen molar-refractivity contribution in [1.29, 1.82) is 0 Å². The minimum Gasteiger partial charge on any atom is -0.496 e. The minimum absolute atomic E-state index is 0.189. The molecule has 1 aromatic carbocycles. The number of hydrogen-bond donors (Lipinski definition) is 2. The van der Waals surface area contributed by atoms with Crippen LogP contribution in [-0.4, -0.2) is 41.9 Å². The van der Waals surface area contributed by atoms with Crippen molar-refractivity contribution < 1.29 is 14.3 Å². The lowest BCUT2D eigenvalue weighted by Crippen LogP contribution is -2.26. The highest BCUT2D eigenvalue weighted by molar-refractivity contribution is 5.95. The van der Waals surface area contributed by atoms with Crippen LogP contribution in [-0.2, 0) is 6.42 Å². The van der Waals surface area contributed by atoms with E-state index < -0.39 is 0 Å². The third kappa shape index (κ3) is 3.50. The van der Waals surface area contributed by atoms with E-state index in [1.165, 1.54) is 6.33 Å². The van der Waals surface area contributed by atoms with Gasteiger partial charge in [0.05, 0.1) is 14.2 Å². The van der Waals surface area contributed by atoms with Crippen molar-refractivity contribution in [3.05, 3.63) is 35.4 Å². The van der Waals surface area contributed by atoms with E-state index in [9.17, 15) is 4.79 Å². The van der Waals surface area contributed by atoms with Gasteiger partial charge in [-0.15, -0.1) is 0 Å². The van der Waals surface area contributed by atoms with Gasteiger partial charge in [0.2, 0.25) is 0 Å². The molecule has 7 heteroatoms. The maximum absolute atomic E-state index is 12.2. The van der Waals surface area contributed by atoms with Gasteiger partial charge in [-0.3, -0.25) is 9.89 Å². The molecule has 0 unspecified atom stereocenters. The first-order chi connectivity index (χ1) is 10.2. The van der Waals surface area contributed by atoms with Crippen molar-refractivity contribution >= 4 is 5.91 Å². The number of methoxy groups -OCH3 is 2. The molecule has 1 amide bonds. The monoisotopic (exact) mass is 290 g/mol. The lowest BCUT2D eigenvalue weighted by Gasteiger charge is -2.12. The second kappa shape index (κ2) is 6.74. The second-order valence-corrected chi connectivity index (χ2v) is 4.44. The molecule has 1 heterocycles. The number of benzene rings is 1. The van der Waals surface area contributed by atoms with Crippen LogP contribution in [0.4, 0.5) is 0 Å². The van der Waals surface area contributed by atoms with E-state index >= 15 is 0 Å². The van der Waals surface area contributed by atoms with Gasteiger partial charge >= 0.3 is 0 Å². The average molecular weight is 290 g/mol. The predicted octanol–water partition coefficient (Wildman–Crippen LogP) is 1.10. The zero-order valence-corrected chi connectivity index (χ0v) is 12.3. The first kappa shape index (κ1) is 14.8. The number of carbonyl (C=O) groups excluding carboxylic acids is 1. The molecule has 0 saturated heterocycles. The summed E-state index contributed by atoms with van der Waals surface area (Å²) in [6.45, 7) is 2.34. The van der Waals surface area contributed by atoms with Crippen molar-refractivity contribution in [2.75, 3.05) is 20.8 Å². The van der Waals surface area contributed by atoms with Gasteiger partial charge in [0.25, 0.3) is 5.91 Å². The molecule has 0 aliphatic rings. The molecule has 7 nitrogen and oxygen atoms in total. The lowest BCUT2D eigenvalue weighted by molar-refractivity contribution is 0.0953. The van der Waals surface area contributed by atoms with E-state index in [0.717, 1.165) is 11.4 Å². The molecular formula is C14H18N4O3. The van der Waals surface area contributed by atoms with Gasteiger partial charge in [-0.05, 0) is 19.1 Å². The van der Waals surface area contributed by atoms with Crippen molar-refractivity contribution in [3.8, 4) is 11.5 Å². The number of aromatic nitrogens is 3. The Morgan fingerprint density at radius 1 is 1.29 bits per heavy atom. The number of amides is 1. The van der Waals surface area contributed by atoms with E-state index in [2.05, 4.69) is 20.5 Å². The van der Waals surface area contributed by atoms with Crippen LogP contribution in [0.5, 0.6) is 11.5 Å². The van der Waals surface area contributed by atoms with Gasteiger partial charge < -0.3 is 14.8 Å². The fraction of sp³-hybridized carbons (Fsp3) is 0.357. The van der Waals surface area contributed by atoms with E-state index in [0.29, 0.717) is 30.0 Å². The van der Waals surface area contributed by atoms with Crippen LogP contribution < -0.4 is 14.8 Å². The van der Waals surface area contributed by atoms with Gasteiger partial charge in [-0.1, -0.05) is 0 Å². The number of rotatable bonds is 6. The van der Waals surface area contributed by atoms with Crippen molar-refractivity contribution in [2.45, 2.75) is 13.3 Å². The third-order valence-corrected chi connectivity index (χ3v) is 3.13. The number of nitrogens with zero attached hydrogens (tertiary/aromatic N) is 2. The van der Waals surface area contributed by atoms with E-state index in [1.54, 1.807) is 26.4 Å². The van der Waals surface area contributed by atoms with Gasteiger partial charge in [0.15, 0.2) is 0 Å². The maximum atomic E-state index is 12.2. The van der Waals surface area contributed by atoms with Crippen LogP contribution in [0, 0.1) is 6.92 Å². The van der Waals surface area contributed by atoms with Crippen molar-refractivity contribution in [2.24, 2.45) is 0 Å². The van der Waals surface area contributed by atoms with Gasteiger partial charge in [-0.2, -0.15) is 5.10 Å². The highest BCUT2D eigenvalue weighted by Crippen LogP contribution is 2.29.